The fraction of sp³-hybridized carbons (Fsp3) is 0.429. The molecule has 3 rings (SSSR count). The summed E-state index contributed by atoms with van der Waals surface area (Å²) in [7, 11) is 1.48. The summed E-state index contributed by atoms with van der Waals surface area (Å²) in [5.41, 5.74) is 6.15. The van der Waals surface area contributed by atoms with Gasteiger partial charge in [-0.15, -0.1) is 0 Å². The van der Waals surface area contributed by atoms with Crippen molar-refractivity contribution in [3.8, 4) is 0 Å². The molecule has 1 aliphatic carbocycles. The number of halogens is 1. The molecular formula is C21H24FNO5. The van der Waals surface area contributed by atoms with Crippen molar-refractivity contribution < 1.29 is 28.2 Å². The quantitative estimate of drug-likeness (QED) is 0.615. The van der Waals surface area contributed by atoms with Crippen LogP contribution in [0.3, 0.4) is 0 Å². The molecule has 1 heterocycles. The first-order valence-corrected chi connectivity index (χ1v) is 9.09. The number of rotatable bonds is 5. The van der Waals surface area contributed by atoms with Crippen LogP contribution >= 0.6 is 0 Å². The number of esters is 1. The number of ether oxygens (including phenoxy) is 3. The summed E-state index contributed by atoms with van der Waals surface area (Å²) >= 11 is 0. The highest BCUT2D eigenvalue weighted by molar-refractivity contribution is 6.03. The van der Waals surface area contributed by atoms with Gasteiger partial charge in [0.15, 0.2) is 5.78 Å². The van der Waals surface area contributed by atoms with Crippen LogP contribution in [0, 0.1) is 11.2 Å². The zero-order chi connectivity index (χ0) is 20.5. The van der Waals surface area contributed by atoms with Gasteiger partial charge in [0.2, 0.25) is 5.88 Å². The Bertz CT molecular complexity index is 871. The average molecular weight is 389 g/mol. The van der Waals surface area contributed by atoms with Crippen molar-refractivity contribution >= 4 is 11.8 Å². The molecule has 28 heavy (non-hydrogen) atoms. The highest BCUT2D eigenvalue weighted by Crippen LogP contribution is 2.48. The number of ketones is 1. The summed E-state index contributed by atoms with van der Waals surface area (Å²) < 4.78 is 30.4. The van der Waals surface area contributed by atoms with E-state index in [1.165, 1.54) is 13.2 Å². The molecule has 0 spiro atoms. The third-order valence-corrected chi connectivity index (χ3v) is 4.91. The molecule has 0 aromatic heterocycles. The molecule has 0 bridgehead atoms. The van der Waals surface area contributed by atoms with E-state index in [0.29, 0.717) is 12.2 Å². The van der Waals surface area contributed by atoms with Gasteiger partial charge < -0.3 is 19.9 Å². The van der Waals surface area contributed by atoms with Gasteiger partial charge >= 0.3 is 5.97 Å². The maximum absolute atomic E-state index is 14.7. The molecular weight excluding hydrogens is 365 g/mol. The fourth-order valence-corrected chi connectivity index (χ4v) is 3.70. The first-order valence-electron chi connectivity index (χ1n) is 9.09. The molecule has 150 valence electrons. The molecule has 1 aromatic carbocycles. The molecule has 1 aromatic rings. The second-order valence-electron chi connectivity index (χ2n) is 7.74. The van der Waals surface area contributed by atoms with E-state index < -0.39 is 17.7 Å². The minimum absolute atomic E-state index is 0.00296. The summed E-state index contributed by atoms with van der Waals surface area (Å²) in [6, 6.07) is 6.02. The number of Topliss-reactive ketones (excluding diaryl/α,β-unsaturated/α-hetero) is 1. The van der Waals surface area contributed by atoms with Gasteiger partial charge in [0.25, 0.3) is 0 Å². The van der Waals surface area contributed by atoms with Crippen molar-refractivity contribution in [1.82, 2.24) is 0 Å². The molecule has 0 saturated heterocycles. The normalized spacial score (nSPS) is 21.3. The van der Waals surface area contributed by atoms with Crippen molar-refractivity contribution in [3.63, 3.8) is 0 Å². The summed E-state index contributed by atoms with van der Waals surface area (Å²) in [6.07, 6.45) is 0.734. The molecule has 1 aliphatic heterocycles. The summed E-state index contributed by atoms with van der Waals surface area (Å²) in [4.78, 5) is 25.7. The zero-order valence-electron chi connectivity index (χ0n) is 16.2. The number of carbonyl (C=O) groups excluding carboxylic acids is 2. The second kappa shape index (κ2) is 7.75. The lowest BCUT2D eigenvalue weighted by molar-refractivity contribution is -0.141. The van der Waals surface area contributed by atoms with Crippen LogP contribution in [-0.4, -0.2) is 32.1 Å². The largest absolute Gasteiger partial charge is 0.460 e. The van der Waals surface area contributed by atoms with Crippen LogP contribution in [-0.2, 0) is 23.8 Å². The predicted octanol–water partition coefficient (Wildman–Crippen LogP) is 2.94. The Morgan fingerprint density at radius 2 is 2.00 bits per heavy atom. The van der Waals surface area contributed by atoms with E-state index in [2.05, 4.69) is 0 Å². The van der Waals surface area contributed by atoms with Gasteiger partial charge in [-0.25, -0.2) is 9.18 Å². The molecule has 2 aliphatic rings. The summed E-state index contributed by atoms with van der Waals surface area (Å²) in [5.74, 6) is -2.22. The lowest BCUT2D eigenvalue weighted by Crippen LogP contribution is -2.36. The Kier molecular flexibility index (Phi) is 5.56. The Labute approximate surface area is 163 Å². The van der Waals surface area contributed by atoms with Crippen LogP contribution in [0.15, 0.2) is 47.1 Å². The second-order valence-corrected chi connectivity index (χ2v) is 7.74. The highest BCUT2D eigenvalue weighted by Gasteiger charge is 2.45. The third-order valence-electron chi connectivity index (χ3n) is 4.91. The van der Waals surface area contributed by atoms with E-state index in [9.17, 15) is 14.0 Å². The summed E-state index contributed by atoms with van der Waals surface area (Å²) in [5, 5.41) is 0. The van der Waals surface area contributed by atoms with Crippen molar-refractivity contribution in [3.05, 3.63) is 58.4 Å². The molecule has 0 unspecified atom stereocenters. The average Bonchev–Trinajstić information content (AvgIpc) is 2.60. The van der Waals surface area contributed by atoms with Crippen LogP contribution in [0.25, 0.3) is 0 Å². The molecule has 0 radical (unpaired) electrons. The number of allylic oxidation sites excluding steroid dienone is 2. The Balaban J connectivity index is 2.11. The minimum atomic E-state index is -0.969. The highest BCUT2D eigenvalue weighted by atomic mass is 19.1. The Hall–Kier alpha value is -2.67. The van der Waals surface area contributed by atoms with Crippen molar-refractivity contribution in [2.45, 2.75) is 32.6 Å². The number of benzene rings is 1. The van der Waals surface area contributed by atoms with Crippen molar-refractivity contribution in [2.24, 2.45) is 11.1 Å². The van der Waals surface area contributed by atoms with Crippen molar-refractivity contribution in [1.29, 1.82) is 0 Å². The van der Waals surface area contributed by atoms with Gasteiger partial charge in [0, 0.05) is 31.1 Å². The molecule has 2 N–H and O–H groups in total. The van der Waals surface area contributed by atoms with Crippen LogP contribution in [0.2, 0.25) is 0 Å². The van der Waals surface area contributed by atoms with E-state index in [0.717, 1.165) is 0 Å². The molecule has 1 atom stereocenters. The minimum Gasteiger partial charge on any atom is -0.460 e. The maximum atomic E-state index is 14.7. The molecule has 0 fully saturated rings. The zero-order valence-corrected chi connectivity index (χ0v) is 16.2. The lowest BCUT2D eigenvalue weighted by atomic mass is 9.70. The van der Waals surface area contributed by atoms with Crippen molar-refractivity contribution in [2.75, 3.05) is 20.3 Å². The lowest BCUT2D eigenvalue weighted by Gasteiger charge is -2.38. The summed E-state index contributed by atoms with van der Waals surface area (Å²) in [6.45, 7) is 4.10. The number of hydrogen-bond donors (Lipinski definition) is 1. The number of methoxy groups -OCH3 is 1. The van der Waals surface area contributed by atoms with E-state index in [1.807, 2.05) is 13.8 Å². The maximum Gasteiger partial charge on any atom is 0.340 e. The van der Waals surface area contributed by atoms with E-state index in [1.54, 1.807) is 18.2 Å². The van der Waals surface area contributed by atoms with Gasteiger partial charge in [-0.1, -0.05) is 32.0 Å². The number of nitrogens with two attached hydrogens (primary N) is 1. The number of hydrogen-bond acceptors (Lipinski definition) is 6. The van der Waals surface area contributed by atoms with Crippen LogP contribution < -0.4 is 5.73 Å². The van der Waals surface area contributed by atoms with Crippen LogP contribution in [0.5, 0.6) is 0 Å². The Morgan fingerprint density at radius 3 is 2.68 bits per heavy atom. The molecule has 0 amide bonds. The van der Waals surface area contributed by atoms with Gasteiger partial charge in [-0.05, 0) is 11.5 Å². The van der Waals surface area contributed by atoms with E-state index >= 15 is 0 Å². The van der Waals surface area contributed by atoms with Crippen LogP contribution in [0.4, 0.5) is 4.39 Å². The van der Waals surface area contributed by atoms with Gasteiger partial charge in [-0.3, -0.25) is 4.79 Å². The fourth-order valence-electron chi connectivity index (χ4n) is 3.70. The van der Waals surface area contributed by atoms with Crippen LogP contribution in [0.1, 0.15) is 38.2 Å². The predicted molar refractivity (Wildman–Crippen MR) is 99.3 cm³/mol. The standard InChI is InChI=1S/C21H24FNO5/c1-21(2)10-14(24)17-15(11-21)28-19(23)18(20(25)27-9-8-26-3)16(17)12-6-4-5-7-13(12)22/h4-7,16H,8-11,23H2,1-3H3/t16-/m1/s1. The monoisotopic (exact) mass is 389 g/mol. The number of carbonyl (C=O) groups is 2. The SMILES string of the molecule is COCCOC(=O)C1=C(N)OC2=C(C(=O)CC(C)(C)C2)[C@H]1c1ccccc1F. The van der Waals surface area contributed by atoms with Gasteiger partial charge in [0.05, 0.1) is 12.5 Å². The van der Waals surface area contributed by atoms with E-state index in [-0.39, 0.29) is 53.4 Å². The molecule has 6 nitrogen and oxygen atoms in total. The first-order chi connectivity index (χ1) is 13.2. The van der Waals surface area contributed by atoms with E-state index in [4.69, 9.17) is 19.9 Å². The topological polar surface area (TPSA) is 87.8 Å². The Morgan fingerprint density at radius 1 is 1.29 bits per heavy atom. The smallest absolute Gasteiger partial charge is 0.340 e. The van der Waals surface area contributed by atoms with Gasteiger partial charge in [0.1, 0.15) is 23.8 Å². The van der Waals surface area contributed by atoms with Gasteiger partial charge in [-0.2, -0.15) is 0 Å². The molecule has 7 heteroatoms. The first kappa shape index (κ1) is 20.1. The third kappa shape index (κ3) is 3.80. The molecule has 0 saturated carbocycles.